The number of furan rings is 1. The molecular weight excluding hydrogens is 763 g/mol. The Morgan fingerprint density at radius 1 is 0.302 bits per heavy atom. The second kappa shape index (κ2) is 14.6. The van der Waals surface area contributed by atoms with Crippen LogP contribution in [0.25, 0.3) is 88.3 Å². The molecule has 0 saturated heterocycles. The maximum Gasteiger partial charge on any atom is 0.143 e. The number of hydrogen-bond donors (Lipinski definition) is 0. The first kappa shape index (κ1) is 36.9. The van der Waals surface area contributed by atoms with E-state index in [0.29, 0.717) is 0 Å². The van der Waals surface area contributed by atoms with Crippen LogP contribution < -0.4 is 4.90 Å². The molecule has 12 rings (SSSR count). The van der Waals surface area contributed by atoms with Crippen LogP contribution in [0.3, 0.4) is 0 Å². The van der Waals surface area contributed by atoms with Gasteiger partial charge in [-0.15, -0.1) is 0 Å². The van der Waals surface area contributed by atoms with E-state index in [-0.39, 0.29) is 5.41 Å². The van der Waals surface area contributed by atoms with Crippen LogP contribution >= 0.6 is 0 Å². The van der Waals surface area contributed by atoms with Gasteiger partial charge in [-0.05, 0) is 121 Å². The molecule has 2 nitrogen and oxygen atoms in total. The standard InChI is InChI=1S/C61H43NO/c1-61(2)57-28-15-14-26-50(57)51-34-33-48(38-58(51)61)62(46-31-29-41(30-32-46)40-17-6-3-7-18-40)47-24-16-23-44(35-47)45-36-54(43-21-10-5-11-22-43)60-55(37-45)56-39-53(42-19-8-4-9-20-42)49-25-12-13-27-52(49)59(56)63-60/h3-39H,1-2H3. The van der Waals surface area contributed by atoms with Gasteiger partial charge in [0.05, 0.1) is 0 Å². The summed E-state index contributed by atoms with van der Waals surface area (Å²) in [5.74, 6) is 0. The predicted octanol–water partition coefficient (Wildman–Crippen LogP) is 17.2. The lowest BCUT2D eigenvalue weighted by Crippen LogP contribution is -2.16. The third kappa shape index (κ3) is 6.09. The van der Waals surface area contributed by atoms with Gasteiger partial charge >= 0.3 is 0 Å². The summed E-state index contributed by atoms with van der Waals surface area (Å²) in [6.07, 6.45) is 0. The van der Waals surface area contributed by atoms with E-state index in [0.717, 1.165) is 66.6 Å². The molecule has 10 aromatic carbocycles. The highest BCUT2D eigenvalue weighted by atomic mass is 16.3. The van der Waals surface area contributed by atoms with E-state index in [9.17, 15) is 0 Å². The fourth-order valence-corrected chi connectivity index (χ4v) is 10.1. The molecule has 0 unspecified atom stereocenters. The quantitative estimate of drug-likeness (QED) is 0.160. The van der Waals surface area contributed by atoms with Gasteiger partial charge in [0.2, 0.25) is 0 Å². The highest BCUT2D eigenvalue weighted by molar-refractivity contribution is 6.21. The largest absolute Gasteiger partial charge is 0.455 e. The molecule has 0 radical (unpaired) electrons. The van der Waals surface area contributed by atoms with Crippen molar-refractivity contribution in [2.45, 2.75) is 19.3 Å². The molecule has 298 valence electrons. The maximum atomic E-state index is 7.02. The van der Waals surface area contributed by atoms with Crippen molar-refractivity contribution in [1.82, 2.24) is 0 Å². The molecule has 0 N–H and O–H groups in total. The Bertz CT molecular complexity index is 3510. The van der Waals surface area contributed by atoms with E-state index in [1.54, 1.807) is 0 Å². The molecule has 1 aliphatic rings. The molecule has 1 aromatic heterocycles. The summed E-state index contributed by atoms with van der Waals surface area (Å²) in [4.78, 5) is 2.42. The van der Waals surface area contributed by atoms with Gasteiger partial charge in [-0.2, -0.15) is 0 Å². The van der Waals surface area contributed by atoms with Gasteiger partial charge in [-0.1, -0.05) is 184 Å². The zero-order chi connectivity index (χ0) is 42.1. The monoisotopic (exact) mass is 805 g/mol. The van der Waals surface area contributed by atoms with Crippen LogP contribution in [0.5, 0.6) is 0 Å². The summed E-state index contributed by atoms with van der Waals surface area (Å²) in [5, 5.41) is 4.51. The van der Waals surface area contributed by atoms with Gasteiger partial charge in [0.25, 0.3) is 0 Å². The van der Waals surface area contributed by atoms with Crippen molar-refractivity contribution in [3.8, 4) is 55.6 Å². The molecule has 0 aliphatic heterocycles. The molecule has 63 heavy (non-hydrogen) atoms. The Kier molecular flexibility index (Phi) is 8.55. The lowest BCUT2D eigenvalue weighted by Gasteiger charge is -2.28. The minimum Gasteiger partial charge on any atom is -0.455 e. The lowest BCUT2D eigenvalue weighted by atomic mass is 9.82. The Labute approximate surface area is 368 Å². The van der Waals surface area contributed by atoms with Crippen LogP contribution in [0.2, 0.25) is 0 Å². The average molecular weight is 806 g/mol. The molecule has 1 aliphatic carbocycles. The molecule has 0 spiro atoms. The van der Waals surface area contributed by atoms with E-state index in [1.807, 2.05) is 0 Å². The summed E-state index contributed by atoms with van der Waals surface area (Å²) in [6, 6.07) is 81.5. The number of rotatable bonds is 7. The molecule has 0 atom stereocenters. The first-order valence-corrected chi connectivity index (χ1v) is 21.8. The Morgan fingerprint density at radius 3 is 1.60 bits per heavy atom. The van der Waals surface area contributed by atoms with Crippen LogP contribution in [0.4, 0.5) is 17.1 Å². The molecule has 2 heteroatoms. The normalized spacial score (nSPS) is 12.7. The van der Waals surface area contributed by atoms with E-state index >= 15 is 0 Å². The zero-order valence-corrected chi connectivity index (χ0v) is 35.2. The van der Waals surface area contributed by atoms with Crippen molar-refractivity contribution in [3.05, 3.63) is 236 Å². The van der Waals surface area contributed by atoms with Gasteiger partial charge < -0.3 is 9.32 Å². The fraction of sp³-hybridized carbons (Fsp3) is 0.0492. The second-order valence-corrected chi connectivity index (χ2v) is 17.3. The number of benzene rings is 10. The number of hydrogen-bond acceptors (Lipinski definition) is 2. The van der Waals surface area contributed by atoms with Crippen LogP contribution in [0.15, 0.2) is 229 Å². The van der Waals surface area contributed by atoms with Gasteiger partial charge in [-0.3, -0.25) is 0 Å². The van der Waals surface area contributed by atoms with Crippen molar-refractivity contribution in [2.75, 3.05) is 4.90 Å². The van der Waals surface area contributed by atoms with Gasteiger partial charge in [0, 0.05) is 44.2 Å². The summed E-state index contributed by atoms with van der Waals surface area (Å²) in [6.45, 7) is 4.71. The zero-order valence-electron chi connectivity index (χ0n) is 35.2. The second-order valence-electron chi connectivity index (χ2n) is 17.3. The fourth-order valence-electron chi connectivity index (χ4n) is 10.1. The molecule has 0 fully saturated rings. The van der Waals surface area contributed by atoms with Crippen LogP contribution in [0, 0.1) is 0 Å². The Balaban J connectivity index is 1.06. The first-order valence-electron chi connectivity index (χ1n) is 21.8. The van der Waals surface area contributed by atoms with Crippen molar-refractivity contribution >= 4 is 49.8 Å². The minimum atomic E-state index is -0.130. The third-order valence-electron chi connectivity index (χ3n) is 13.2. The molecule has 0 saturated carbocycles. The van der Waals surface area contributed by atoms with Crippen molar-refractivity contribution in [3.63, 3.8) is 0 Å². The van der Waals surface area contributed by atoms with Crippen molar-refractivity contribution < 1.29 is 4.42 Å². The molecule has 1 heterocycles. The van der Waals surface area contributed by atoms with Gasteiger partial charge in [-0.25, -0.2) is 0 Å². The molecular formula is C61H43NO. The third-order valence-corrected chi connectivity index (χ3v) is 13.2. The maximum absolute atomic E-state index is 7.02. The van der Waals surface area contributed by atoms with Crippen molar-refractivity contribution in [2.24, 2.45) is 0 Å². The molecule has 11 aromatic rings. The SMILES string of the molecule is CC1(C)c2ccccc2-c2ccc(N(c3ccc(-c4ccccc4)cc3)c3cccc(-c4cc(-c5ccccc5)c5oc6c7ccccc7c(-c7ccccc7)cc6c5c4)c3)cc21. The van der Waals surface area contributed by atoms with Crippen LogP contribution in [-0.2, 0) is 5.41 Å². The Hall–Kier alpha value is -7.94. The van der Waals surface area contributed by atoms with E-state index in [4.69, 9.17) is 4.42 Å². The summed E-state index contributed by atoms with van der Waals surface area (Å²) in [5.41, 5.74) is 19.6. The molecule has 0 amide bonds. The number of anilines is 3. The highest BCUT2D eigenvalue weighted by Crippen LogP contribution is 2.51. The number of nitrogens with zero attached hydrogens (tertiary/aromatic N) is 1. The van der Waals surface area contributed by atoms with Crippen molar-refractivity contribution in [1.29, 1.82) is 0 Å². The van der Waals surface area contributed by atoms with Crippen LogP contribution in [-0.4, -0.2) is 0 Å². The van der Waals surface area contributed by atoms with E-state index in [1.165, 1.54) is 49.9 Å². The smallest absolute Gasteiger partial charge is 0.143 e. The van der Waals surface area contributed by atoms with Gasteiger partial charge in [0.1, 0.15) is 11.2 Å². The molecule has 0 bridgehead atoms. The highest BCUT2D eigenvalue weighted by Gasteiger charge is 2.35. The van der Waals surface area contributed by atoms with E-state index < -0.39 is 0 Å². The predicted molar refractivity (Wildman–Crippen MR) is 265 cm³/mol. The Morgan fingerprint density at radius 2 is 0.857 bits per heavy atom. The summed E-state index contributed by atoms with van der Waals surface area (Å²) in [7, 11) is 0. The van der Waals surface area contributed by atoms with E-state index in [2.05, 4.69) is 243 Å². The number of fused-ring (bicyclic) bond motifs is 8. The summed E-state index contributed by atoms with van der Waals surface area (Å²) < 4.78 is 7.02. The summed E-state index contributed by atoms with van der Waals surface area (Å²) >= 11 is 0. The average Bonchev–Trinajstić information content (AvgIpc) is 3.84. The lowest BCUT2D eigenvalue weighted by molar-refractivity contribution is 0.660. The topological polar surface area (TPSA) is 16.4 Å². The minimum absolute atomic E-state index is 0.130. The first-order chi connectivity index (χ1) is 31.0. The van der Waals surface area contributed by atoms with Crippen LogP contribution in [0.1, 0.15) is 25.0 Å². The van der Waals surface area contributed by atoms with Gasteiger partial charge in [0.15, 0.2) is 0 Å².